The summed E-state index contributed by atoms with van der Waals surface area (Å²) < 4.78 is 18.9. The summed E-state index contributed by atoms with van der Waals surface area (Å²) in [5.74, 6) is -0.596. The molecule has 0 fully saturated rings. The molecule has 3 N–H and O–H groups in total. The van der Waals surface area contributed by atoms with Gasteiger partial charge in [-0.25, -0.2) is 4.39 Å². The van der Waals surface area contributed by atoms with Crippen LogP contribution in [0.1, 0.15) is 32.3 Å². The molecule has 1 atom stereocenters. The van der Waals surface area contributed by atoms with E-state index in [-0.39, 0.29) is 5.82 Å². The van der Waals surface area contributed by atoms with Crippen molar-refractivity contribution >= 4 is 5.91 Å². The minimum atomic E-state index is -0.724. The maximum atomic E-state index is 13.5. The van der Waals surface area contributed by atoms with E-state index in [0.29, 0.717) is 18.7 Å². The highest BCUT2D eigenvalue weighted by atomic mass is 19.1. The Morgan fingerprint density at radius 3 is 2.74 bits per heavy atom. The van der Waals surface area contributed by atoms with Crippen molar-refractivity contribution in [3.8, 4) is 5.75 Å². The van der Waals surface area contributed by atoms with E-state index >= 15 is 0 Å². The van der Waals surface area contributed by atoms with Crippen LogP contribution in [0.5, 0.6) is 5.75 Å². The quantitative estimate of drug-likeness (QED) is 0.708. The zero-order valence-corrected chi connectivity index (χ0v) is 11.4. The first kappa shape index (κ1) is 15.4. The number of ether oxygens (including phenoxy) is 1. The van der Waals surface area contributed by atoms with Crippen LogP contribution in [-0.4, -0.2) is 18.6 Å². The van der Waals surface area contributed by atoms with Gasteiger partial charge in [-0.3, -0.25) is 4.79 Å². The lowest BCUT2D eigenvalue weighted by Crippen LogP contribution is -2.33. The van der Waals surface area contributed by atoms with E-state index < -0.39 is 12.0 Å². The van der Waals surface area contributed by atoms with Gasteiger partial charge >= 0.3 is 0 Å². The average Bonchev–Trinajstić information content (AvgIpc) is 2.35. The number of rotatable bonds is 8. The molecule has 19 heavy (non-hydrogen) atoms. The Labute approximate surface area is 113 Å². The number of primary amides is 1. The van der Waals surface area contributed by atoms with Crippen LogP contribution in [-0.2, 0) is 11.3 Å². The summed E-state index contributed by atoms with van der Waals surface area (Å²) in [5.41, 5.74) is 5.98. The molecule has 1 unspecified atom stereocenters. The maximum absolute atomic E-state index is 13.5. The number of benzene rings is 1. The Hall–Kier alpha value is -1.62. The van der Waals surface area contributed by atoms with Crippen molar-refractivity contribution in [1.82, 2.24) is 5.32 Å². The van der Waals surface area contributed by atoms with Crippen LogP contribution >= 0.6 is 0 Å². The summed E-state index contributed by atoms with van der Waals surface area (Å²) in [7, 11) is 0. The van der Waals surface area contributed by atoms with Gasteiger partial charge in [-0.15, -0.1) is 0 Å². The third-order valence-electron chi connectivity index (χ3n) is 2.65. The van der Waals surface area contributed by atoms with Crippen LogP contribution in [0.3, 0.4) is 0 Å². The van der Waals surface area contributed by atoms with Crippen LogP contribution in [0.2, 0.25) is 0 Å². The fourth-order valence-corrected chi connectivity index (χ4v) is 1.71. The minimum absolute atomic E-state index is 0.332. The molecule has 0 heterocycles. The third-order valence-corrected chi connectivity index (χ3v) is 2.65. The molecule has 5 heteroatoms. The van der Waals surface area contributed by atoms with Crippen molar-refractivity contribution in [1.29, 1.82) is 0 Å². The molecule has 0 bridgehead atoms. The van der Waals surface area contributed by atoms with Gasteiger partial charge in [0.15, 0.2) is 6.10 Å². The van der Waals surface area contributed by atoms with E-state index in [0.717, 1.165) is 18.5 Å². The molecule has 0 aliphatic rings. The van der Waals surface area contributed by atoms with Crippen molar-refractivity contribution in [2.24, 2.45) is 5.73 Å². The van der Waals surface area contributed by atoms with Crippen LogP contribution in [0.4, 0.5) is 4.39 Å². The predicted octanol–water partition coefficient (Wildman–Crippen LogP) is 1.97. The Morgan fingerprint density at radius 1 is 1.42 bits per heavy atom. The highest BCUT2D eigenvalue weighted by Gasteiger charge is 2.15. The first-order valence-electron chi connectivity index (χ1n) is 6.53. The second-order valence-corrected chi connectivity index (χ2v) is 4.39. The number of nitrogens with two attached hydrogens (primary N) is 1. The Balaban J connectivity index is 2.75. The molecular weight excluding hydrogens is 247 g/mol. The van der Waals surface area contributed by atoms with Gasteiger partial charge in [0.2, 0.25) is 0 Å². The highest BCUT2D eigenvalue weighted by Crippen LogP contribution is 2.18. The molecule has 1 aromatic rings. The van der Waals surface area contributed by atoms with Gasteiger partial charge in [0.25, 0.3) is 5.91 Å². The van der Waals surface area contributed by atoms with E-state index in [4.69, 9.17) is 10.5 Å². The fourth-order valence-electron chi connectivity index (χ4n) is 1.71. The van der Waals surface area contributed by atoms with Crippen LogP contribution in [0, 0.1) is 5.82 Å². The number of carbonyl (C=O) groups excluding carboxylic acids is 1. The zero-order chi connectivity index (χ0) is 14.3. The molecule has 0 aliphatic heterocycles. The van der Waals surface area contributed by atoms with E-state index in [1.54, 1.807) is 13.0 Å². The number of amides is 1. The first-order chi connectivity index (χ1) is 9.06. The summed E-state index contributed by atoms with van der Waals surface area (Å²) in [5, 5.41) is 3.18. The topological polar surface area (TPSA) is 64.3 Å². The number of nitrogens with one attached hydrogen (secondary N) is 1. The summed E-state index contributed by atoms with van der Waals surface area (Å²) in [6, 6.07) is 4.42. The Morgan fingerprint density at radius 2 is 2.16 bits per heavy atom. The number of hydrogen-bond donors (Lipinski definition) is 2. The minimum Gasteiger partial charge on any atom is -0.481 e. The standard InChI is InChI=1S/C14H21FN2O2/c1-3-5-17-9-10-6-11(15)8-12(7-10)19-13(4-2)14(16)18/h6-8,13,17H,3-5,9H2,1-2H3,(H2,16,18). The summed E-state index contributed by atoms with van der Waals surface area (Å²) >= 11 is 0. The largest absolute Gasteiger partial charge is 0.481 e. The highest BCUT2D eigenvalue weighted by molar-refractivity contribution is 5.79. The Bertz CT molecular complexity index is 424. The third kappa shape index (κ3) is 5.26. The lowest BCUT2D eigenvalue weighted by atomic mass is 10.2. The van der Waals surface area contributed by atoms with Gasteiger partial charge in [0, 0.05) is 12.6 Å². The van der Waals surface area contributed by atoms with Crippen LogP contribution < -0.4 is 15.8 Å². The summed E-state index contributed by atoms with van der Waals surface area (Å²) in [4.78, 5) is 11.1. The van der Waals surface area contributed by atoms with E-state index in [1.807, 2.05) is 0 Å². The fraction of sp³-hybridized carbons (Fsp3) is 0.500. The molecule has 0 saturated heterocycles. The number of hydrogen-bond acceptors (Lipinski definition) is 3. The van der Waals surface area contributed by atoms with Crippen molar-refractivity contribution in [2.45, 2.75) is 39.3 Å². The second-order valence-electron chi connectivity index (χ2n) is 4.39. The van der Waals surface area contributed by atoms with Crippen LogP contribution in [0.25, 0.3) is 0 Å². The van der Waals surface area contributed by atoms with Crippen molar-refractivity contribution < 1.29 is 13.9 Å². The van der Waals surface area contributed by atoms with Gasteiger partial charge in [-0.05, 0) is 37.1 Å². The van der Waals surface area contributed by atoms with E-state index in [2.05, 4.69) is 12.2 Å². The molecule has 1 rings (SSSR count). The monoisotopic (exact) mass is 268 g/mol. The lowest BCUT2D eigenvalue weighted by Gasteiger charge is -2.15. The van der Waals surface area contributed by atoms with Crippen molar-refractivity contribution in [2.75, 3.05) is 6.54 Å². The van der Waals surface area contributed by atoms with Gasteiger partial charge in [0.1, 0.15) is 11.6 Å². The molecule has 1 aromatic carbocycles. The lowest BCUT2D eigenvalue weighted by molar-refractivity contribution is -0.124. The molecule has 4 nitrogen and oxygen atoms in total. The smallest absolute Gasteiger partial charge is 0.258 e. The molecule has 0 aromatic heterocycles. The van der Waals surface area contributed by atoms with Gasteiger partial charge in [-0.2, -0.15) is 0 Å². The number of halogens is 1. The molecule has 0 spiro atoms. The SMILES string of the molecule is CCCNCc1cc(F)cc(OC(CC)C(N)=O)c1. The molecule has 106 valence electrons. The van der Waals surface area contributed by atoms with Gasteiger partial charge in [-0.1, -0.05) is 13.8 Å². The van der Waals surface area contributed by atoms with Crippen molar-refractivity contribution in [3.63, 3.8) is 0 Å². The zero-order valence-electron chi connectivity index (χ0n) is 11.4. The maximum Gasteiger partial charge on any atom is 0.258 e. The van der Waals surface area contributed by atoms with Crippen molar-refractivity contribution in [3.05, 3.63) is 29.6 Å². The first-order valence-corrected chi connectivity index (χ1v) is 6.53. The molecule has 0 aliphatic carbocycles. The summed E-state index contributed by atoms with van der Waals surface area (Å²) in [6.07, 6.45) is 0.742. The molecule has 0 radical (unpaired) electrons. The molecule has 1 amide bonds. The van der Waals surface area contributed by atoms with E-state index in [9.17, 15) is 9.18 Å². The van der Waals surface area contributed by atoms with Gasteiger partial charge in [0.05, 0.1) is 0 Å². The average molecular weight is 268 g/mol. The summed E-state index contributed by atoms with van der Waals surface area (Å²) in [6.45, 7) is 5.28. The predicted molar refractivity (Wildman–Crippen MR) is 72.3 cm³/mol. The molecular formula is C14H21FN2O2. The van der Waals surface area contributed by atoms with Crippen LogP contribution in [0.15, 0.2) is 18.2 Å². The van der Waals surface area contributed by atoms with Gasteiger partial charge < -0.3 is 15.8 Å². The second kappa shape index (κ2) is 7.74. The number of carbonyl (C=O) groups is 1. The van der Waals surface area contributed by atoms with E-state index in [1.165, 1.54) is 12.1 Å². The normalized spacial score (nSPS) is 12.2. The molecule has 0 saturated carbocycles. The Kier molecular flexibility index (Phi) is 6.29.